The zero-order valence-electron chi connectivity index (χ0n) is 8.34. The normalized spacial score (nSPS) is 9.06. The van der Waals surface area contributed by atoms with E-state index in [1.165, 1.54) is 18.2 Å². The molecule has 84 valence electrons. The van der Waals surface area contributed by atoms with Gasteiger partial charge in [-0.1, -0.05) is 29.8 Å². The first-order valence-corrected chi connectivity index (χ1v) is 4.89. The lowest BCUT2D eigenvalue weighted by Gasteiger charge is -1.94. The van der Waals surface area contributed by atoms with E-state index in [1.54, 1.807) is 24.3 Å². The van der Waals surface area contributed by atoms with Crippen molar-refractivity contribution in [2.45, 2.75) is 0 Å². The van der Waals surface area contributed by atoms with Crippen LogP contribution in [0.15, 0.2) is 48.5 Å². The third-order valence-electron chi connectivity index (χ3n) is 1.69. The fraction of sp³-hybridized carbons (Fsp3) is 0. The van der Waals surface area contributed by atoms with Crippen molar-refractivity contribution in [3.63, 3.8) is 0 Å². The maximum Gasteiger partial charge on any atom is 0.137 e. The molecule has 0 aromatic heterocycles. The van der Waals surface area contributed by atoms with Crippen LogP contribution in [0.4, 0.5) is 0 Å². The van der Waals surface area contributed by atoms with Crippen LogP contribution in [0, 0.1) is 0 Å². The summed E-state index contributed by atoms with van der Waals surface area (Å²) in [5.74, 6) is 0.232. The van der Waals surface area contributed by atoms with Gasteiger partial charge in [-0.25, -0.2) is 0 Å². The predicted octanol–water partition coefficient (Wildman–Crippen LogP) is 3.14. The number of phenols is 3. The van der Waals surface area contributed by atoms with Crippen LogP contribution >= 0.6 is 11.6 Å². The van der Waals surface area contributed by atoms with Crippen LogP contribution in [0.2, 0.25) is 5.02 Å². The highest BCUT2D eigenvalue weighted by Crippen LogP contribution is 2.26. The number of phenolic OH excluding ortho intramolecular Hbond substituents is 3. The summed E-state index contributed by atoms with van der Waals surface area (Å²) in [4.78, 5) is 0. The maximum absolute atomic E-state index is 8.81. The van der Waals surface area contributed by atoms with E-state index >= 15 is 0 Å². The molecule has 0 atom stereocenters. The molecule has 0 fully saturated rings. The number of aromatic hydroxyl groups is 3. The largest absolute Gasteiger partial charge is 0.508 e. The summed E-state index contributed by atoms with van der Waals surface area (Å²) in [7, 11) is 0. The highest BCUT2D eigenvalue weighted by atomic mass is 35.5. The van der Waals surface area contributed by atoms with Gasteiger partial charge < -0.3 is 15.3 Å². The quantitative estimate of drug-likeness (QED) is 0.661. The van der Waals surface area contributed by atoms with E-state index in [9.17, 15) is 0 Å². The predicted molar refractivity (Wildman–Crippen MR) is 62.9 cm³/mol. The molecule has 0 bridgehead atoms. The lowest BCUT2D eigenvalue weighted by atomic mass is 10.3. The topological polar surface area (TPSA) is 60.7 Å². The molecule has 2 rings (SSSR count). The number of rotatable bonds is 0. The molecule has 0 aliphatic rings. The second-order valence-corrected chi connectivity index (χ2v) is 3.38. The van der Waals surface area contributed by atoms with Crippen molar-refractivity contribution in [2.75, 3.05) is 0 Å². The highest BCUT2D eigenvalue weighted by Gasteiger charge is 1.95. The van der Waals surface area contributed by atoms with Crippen molar-refractivity contribution in [2.24, 2.45) is 0 Å². The summed E-state index contributed by atoms with van der Waals surface area (Å²) in [5.41, 5.74) is 0. The third-order valence-corrected chi connectivity index (χ3v) is 2.01. The SMILES string of the molecule is Oc1ccc(Cl)c(O)c1.Oc1ccccc1. The van der Waals surface area contributed by atoms with Gasteiger partial charge in [0.05, 0.1) is 5.02 Å². The monoisotopic (exact) mass is 238 g/mol. The first kappa shape index (κ1) is 12.2. The molecule has 0 saturated carbocycles. The summed E-state index contributed by atoms with van der Waals surface area (Å²) in [6.07, 6.45) is 0. The third kappa shape index (κ3) is 4.11. The van der Waals surface area contributed by atoms with Gasteiger partial charge >= 0.3 is 0 Å². The molecule has 2 aromatic rings. The Morgan fingerprint density at radius 3 is 1.75 bits per heavy atom. The maximum atomic E-state index is 8.81. The van der Waals surface area contributed by atoms with Crippen molar-refractivity contribution in [1.29, 1.82) is 0 Å². The van der Waals surface area contributed by atoms with E-state index in [0.717, 1.165) is 0 Å². The highest BCUT2D eigenvalue weighted by molar-refractivity contribution is 6.32. The van der Waals surface area contributed by atoms with E-state index in [-0.39, 0.29) is 16.5 Å². The van der Waals surface area contributed by atoms with E-state index in [4.69, 9.17) is 26.9 Å². The van der Waals surface area contributed by atoms with Gasteiger partial charge in [-0.3, -0.25) is 0 Å². The van der Waals surface area contributed by atoms with E-state index < -0.39 is 0 Å². The Hall–Kier alpha value is -1.87. The number of benzene rings is 2. The Bertz CT molecular complexity index is 443. The number of hydrogen-bond donors (Lipinski definition) is 3. The molecule has 0 aliphatic heterocycles. The van der Waals surface area contributed by atoms with Crippen LogP contribution in [0.3, 0.4) is 0 Å². The Labute approximate surface area is 98.2 Å². The number of halogens is 1. The van der Waals surface area contributed by atoms with E-state index in [2.05, 4.69) is 0 Å². The van der Waals surface area contributed by atoms with Crippen molar-refractivity contribution in [1.82, 2.24) is 0 Å². The molecule has 0 heterocycles. The molecule has 0 amide bonds. The minimum absolute atomic E-state index is 0.0110. The second kappa shape index (κ2) is 5.88. The van der Waals surface area contributed by atoms with Crippen LogP contribution in [-0.2, 0) is 0 Å². The first-order chi connectivity index (χ1) is 7.59. The van der Waals surface area contributed by atoms with E-state index in [1.807, 2.05) is 6.07 Å². The van der Waals surface area contributed by atoms with Gasteiger partial charge in [0.25, 0.3) is 0 Å². The van der Waals surface area contributed by atoms with Crippen LogP contribution in [0.1, 0.15) is 0 Å². The molecule has 0 unspecified atom stereocenters. The van der Waals surface area contributed by atoms with Gasteiger partial charge in [-0.15, -0.1) is 0 Å². The van der Waals surface area contributed by atoms with Crippen LogP contribution < -0.4 is 0 Å². The average Bonchev–Trinajstić information content (AvgIpc) is 2.26. The fourth-order valence-corrected chi connectivity index (χ4v) is 1.05. The number of para-hydroxylation sites is 1. The second-order valence-electron chi connectivity index (χ2n) is 2.97. The minimum Gasteiger partial charge on any atom is -0.508 e. The summed E-state index contributed by atoms with van der Waals surface area (Å²) in [5, 5.41) is 26.4. The molecule has 0 aliphatic carbocycles. The lowest BCUT2D eigenvalue weighted by molar-refractivity contribution is 0.451. The molecule has 3 N–H and O–H groups in total. The standard InChI is InChI=1S/C6H5ClO2.C6H6O/c7-5-2-1-4(8)3-6(5)9;7-6-4-2-1-3-5-6/h1-3,8-9H;1-5,7H. The summed E-state index contributed by atoms with van der Waals surface area (Å²) < 4.78 is 0. The first-order valence-electron chi connectivity index (χ1n) is 4.51. The Balaban J connectivity index is 0.000000165. The molecule has 3 nitrogen and oxygen atoms in total. The molecule has 0 spiro atoms. The van der Waals surface area contributed by atoms with Gasteiger partial charge in [0.15, 0.2) is 0 Å². The van der Waals surface area contributed by atoms with Crippen molar-refractivity contribution in [3.05, 3.63) is 53.6 Å². The van der Waals surface area contributed by atoms with Crippen LogP contribution in [0.5, 0.6) is 17.2 Å². The smallest absolute Gasteiger partial charge is 0.137 e. The van der Waals surface area contributed by atoms with Crippen molar-refractivity contribution >= 4 is 11.6 Å². The molecular weight excluding hydrogens is 228 g/mol. The van der Waals surface area contributed by atoms with Gasteiger partial charge in [0.2, 0.25) is 0 Å². The molecule has 4 heteroatoms. The van der Waals surface area contributed by atoms with Gasteiger partial charge in [-0.05, 0) is 24.3 Å². The molecule has 0 saturated heterocycles. The fourth-order valence-electron chi connectivity index (χ4n) is 0.929. The summed E-state index contributed by atoms with van der Waals surface area (Å²) in [6.45, 7) is 0. The molecule has 0 radical (unpaired) electrons. The summed E-state index contributed by atoms with van der Waals surface area (Å²) in [6, 6.07) is 12.7. The van der Waals surface area contributed by atoms with Gasteiger partial charge in [0.1, 0.15) is 17.2 Å². The van der Waals surface area contributed by atoms with E-state index in [0.29, 0.717) is 5.75 Å². The van der Waals surface area contributed by atoms with Crippen molar-refractivity contribution in [3.8, 4) is 17.2 Å². The zero-order valence-corrected chi connectivity index (χ0v) is 9.09. The van der Waals surface area contributed by atoms with Gasteiger partial charge in [0, 0.05) is 6.07 Å². The Morgan fingerprint density at radius 1 is 0.750 bits per heavy atom. The molecular formula is C12H11ClO3. The van der Waals surface area contributed by atoms with Crippen molar-refractivity contribution < 1.29 is 15.3 Å². The minimum atomic E-state index is -0.100. The Morgan fingerprint density at radius 2 is 1.38 bits per heavy atom. The average molecular weight is 239 g/mol. The molecule has 16 heavy (non-hydrogen) atoms. The zero-order chi connectivity index (χ0) is 12.0. The molecule has 2 aromatic carbocycles. The summed E-state index contributed by atoms with van der Waals surface area (Å²) >= 11 is 5.42. The van der Waals surface area contributed by atoms with Gasteiger partial charge in [-0.2, -0.15) is 0 Å². The lowest BCUT2D eigenvalue weighted by Crippen LogP contribution is -1.66. The number of hydrogen-bond acceptors (Lipinski definition) is 3. The Kier molecular flexibility index (Phi) is 4.48. The van der Waals surface area contributed by atoms with Crippen LogP contribution in [0.25, 0.3) is 0 Å². The van der Waals surface area contributed by atoms with Crippen LogP contribution in [-0.4, -0.2) is 15.3 Å².